The van der Waals surface area contributed by atoms with E-state index in [0.717, 1.165) is 17.7 Å². The monoisotopic (exact) mass is 583 g/mol. The van der Waals surface area contributed by atoms with Crippen LogP contribution in [0.1, 0.15) is 116 Å². The fourth-order valence-corrected chi connectivity index (χ4v) is 5.82. The summed E-state index contributed by atoms with van der Waals surface area (Å²) < 4.78 is 29.4. The molecular weight excluding hydrogens is 525 g/mol. The van der Waals surface area contributed by atoms with E-state index < -0.39 is 13.9 Å². The minimum atomic E-state index is -4.24. The lowest BCUT2D eigenvalue weighted by molar-refractivity contribution is -0.120. The lowest BCUT2D eigenvalue weighted by Gasteiger charge is -2.24. The van der Waals surface area contributed by atoms with Crippen LogP contribution >= 0.6 is 7.82 Å². The number of ether oxygens (including phenoxy) is 1. The van der Waals surface area contributed by atoms with E-state index in [-0.39, 0.29) is 24.7 Å². The number of ketones is 1. The van der Waals surface area contributed by atoms with E-state index in [0.29, 0.717) is 32.4 Å². The molecule has 1 aromatic carbocycles. The molecule has 7 nitrogen and oxygen atoms in total. The van der Waals surface area contributed by atoms with Crippen molar-refractivity contribution in [3.8, 4) is 5.75 Å². The van der Waals surface area contributed by atoms with Gasteiger partial charge in [0.05, 0.1) is 19.3 Å². The first kappa shape index (κ1) is 36.8. The second-order valence-electron chi connectivity index (χ2n) is 11.4. The molecule has 0 amide bonds. The third-order valence-electron chi connectivity index (χ3n) is 7.13. The highest BCUT2D eigenvalue weighted by atomic mass is 31.2. The highest BCUT2D eigenvalue weighted by Gasteiger charge is 2.28. The van der Waals surface area contributed by atoms with Gasteiger partial charge < -0.3 is 14.5 Å². The molecule has 0 aliphatic rings. The Morgan fingerprint density at radius 3 is 2.15 bits per heavy atom. The number of unbranched alkanes of at least 4 members (excludes halogenated alkanes) is 10. The fourth-order valence-electron chi connectivity index (χ4n) is 4.77. The third-order valence-corrected chi connectivity index (χ3v) is 8.17. The summed E-state index contributed by atoms with van der Waals surface area (Å²) in [5, 5.41) is 0. The molecule has 1 aromatic rings. The standard InChI is InChI=1S/C32H58NO6P/c1-6-9-10-11-12-13-14-15-16-17-18-22-37-32-21-19-20-28(25-32)23-29(24-30(34)7-2)27-38-40(35,36)39-31(8-3)26-33(4)5/h19-21,25,29,31H,6-18,22-24,26-27H2,1-5H3,(H,35,36). The van der Waals surface area contributed by atoms with Gasteiger partial charge in [-0.05, 0) is 57.0 Å². The van der Waals surface area contributed by atoms with Crippen molar-refractivity contribution in [3.05, 3.63) is 29.8 Å². The van der Waals surface area contributed by atoms with E-state index >= 15 is 0 Å². The van der Waals surface area contributed by atoms with Gasteiger partial charge in [-0.1, -0.05) is 97.1 Å². The summed E-state index contributed by atoms with van der Waals surface area (Å²) in [5.41, 5.74) is 1.02. The van der Waals surface area contributed by atoms with Gasteiger partial charge in [0, 0.05) is 19.4 Å². The number of carbonyl (C=O) groups is 1. The smallest absolute Gasteiger partial charge is 0.472 e. The predicted octanol–water partition coefficient (Wildman–Crippen LogP) is 8.38. The van der Waals surface area contributed by atoms with E-state index in [1.54, 1.807) is 0 Å². The predicted molar refractivity (Wildman–Crippen MR) is 165 cm³/mol. The van der Waals surface area contributed by atoms with Crippen molar-refractivity contribution < 1.29 is 28.0 Å². The van der Waals surface area contributed by atoms with Crippen LogP contribution in [0.25, 0.3) is 0 Å². The summed E-state index contributed by atoms with van der Waals surface area (Å²) in [5.74, 6) is 0.689. The number of carbonyl (C=O) groups excluding carboxylic acids is 1. The second kappa shape index (κ2) is 22.4. The van der Waals surface area contributed by atoms with Crippen molar-refractivity contribution in [1.29, 1.82) is 0 Å². The van der Waals surface area contributed by atoms with Gasteiger partial charge in [0.25, 0.3) is 0 Å². The SMILES string of the molecule is CCCCCCCCCCCCCOc1cccc(CC(COP(=O)(O)OC(CC)CN(C)C)CC(=O)CC)c1. The molecule has 0 fully saturated rings. The maximum absolute atomic E-state index is 12.6. The first-order valence-corrected chi connectivity index (χ1v) is 17.2. The normalized spacial score (nSPS) is 14.7. The number of benzene rings is 1. The molecular formula is C32H58NO6P. The van der Waals surface area contributed by atoms with Crippen LogP contribution in [0.15, 0.2) is 24.3 Å². The third kappa shape index (κ3) is 19.0. The van der Waals surface area contributed by atoms with Crippen molar-refractivity contribution in [2.75, 3.05) is 33.9 Å². The molecule has 0 aromatic heterocycles. The maximum Gasteiger partial charge on any atom is 0.472 e. The minimum Gasteiger partial charge on any atom is -0.494 e. The number of nitrogens with zero attached hydrogens (tertiary/aromatic N) is 1. The lowest BCUT2D eigenvalue weighted by Crippen LogP contribution is -2.27. The molecule has 3 atom stereocenters. The fraction of sp³-hybridized carbons (Fsp3) is 0.781. The van der Waals surface area contributed by atoms with E-state index in [1.807, 2.05) is 57.1 Å². The number of phosphoric acid groups is 1. The summed E-state index contributed by atoms with van der Waals surface area (Å²) in [6.07, 6.45) is 15.8. The first-order valence-electron chi connectivity index (χ1n) is 15.7. The summed E-state index contributed by atoms with van der Waals surface area (Å²) in [7, 11) is -0.468. The number of Topliss-reactive ketones (excluding diaryl/α,β-unsaturated/α-hetero) is 1. The average Bonchev–Trinajstić information content (AvgIpc) is 2.91. The number of likely N-dealkylation sites (N-methyl/N-ethyl adjacent to an activating group) is 1. The first-order chi connectivity index (χ1) is 19.2. The van der Waals surface area contributed by atoms with Crippen LogP contribution in [0.3, 0.4) is 0 Å². The molecule has 8 heteroatoms. The highest BCUT2D eigenvalue weighted by Crippen LogP contribution is 2.45. The Hall–Kier alpha value is -1.24. The maximum atomic E-state index is 12.6. The van der Waals surface area contributed by atoms with E-state index in [1.165, 1.54) is 64.2 Å². The second-order valence-corrected chi connectivity index (χ2v) is 12.8. The van der Waals surface area contributed by atoms with E-state index in [2.05, 4.69) is 6.92 Å². The zero-order valence-electron chi connectivity index (χ0n) is 26.1. The molecule has 0 aliphatic carbocycles. The van der Waals surface area contributed by atoms with Gasteiger partial charge in [-0.2, -0.15) is 0 Å². The Labute approximate surface area is 245 Å². The van der Waals surface area contributed by atoms with E-state index in [4.69, 9.17) is 13.8 Å². The van der Waals surface area contributed by atoms with Crippen molar-refractivity contribution in [2.24, 2.45) is 5.92 Å². The van der Waals surface area contributed by atoms with Crippen molar-refractivity contribution in [3.63, 3.8) is 0 Å². The minimum absolute atomic E-state index is 0.0261. The van der Waals surface area contributed by atoms with Crippen molar-refractivity contribution in [1.82, 2.24) is 4.90 Å². The Balaban J connectivity index is 2.48. The molecule has 232 valence electrons. The van der Waals surface area contributed by atoms with Gasteiger partial charge in [0.1, 0.15) is 11.5 Å². The van der Waals surface area contributed by atoms with Crippen LogP contribution in [0.4, 0.5) is 0 Å². The molecule has 0 spiro atoms. The molecule has 0 aliphatic heterocycles. The van der Waals surface area contributed by atoms with Crippen LogP contribution < -0.4 is 4.74 Å². The van der Waals surface area contributed by atoms with Gasteiger partial charge in [0.15, 0.2) is 0 Å². The quantitative estimate of drug-likeness (QED) is 0.0866. The summed E-state index contributed by atoms with van der Waals surface area (Å²) in [4.78, 5) is 24.5. The van der Waals surface area contributed by atoms with Crippen LogP contribution in [0.2, 0.25) is 0 Å². The van der Waals surface area contributed by atoms with Crippen molar-refractivity contribution in [2.45, 2.75) is 123 Å². The number of rotatable bonds is 26. The molecule has 40 heavy (non-hydrogen) atoms. The van der Waals surface area contributed by atoms with Crippen molar-refractivity contribution >= 4 is 13.6 Å². The summed E-state index contributed by atoms with van der Waals surface area (Å²) in [6.45, 7) is 7.18. The lowest BCUT2D eigenvalue weighted by atomic mass is 9.94. The highest BCUT2D eigenvalue weighted by molar-refractivity contribution is 7.47. The van der Waals surface area contributed by atoms with Gasteiger partial charge in [-0.25, -0.2) is 4.57 Å². The molecule has 0 bridgehead atoms. The zero-order valence-corrected chi connectivity index (χ0v) is 27.0. The molecule has 0 heterocycles. The van der Waals surface area contributed by atoms with Gasteiger partial charge in [-0.3, -0.25) is 13.8 Å². The number of hydrogen-bond acceptors (Lipinski definition) is 6. The van der Waals surface area contributed by atoms with E-state index in [9.17, 15) is 14.3 Å². The Bertz CT molecular complexity index is 833. The van der Waals surface area contributed by atoms with Crippen LogP contribution in [-0.2, 0) is 24.8 Å². The molecule has 1 rings (SSSR count). The molecule has 0 radical (unpaired) electrons. The summed E-state index contributed by atoms with van der Waals surface area (Å²) >= 11 is 0. The van der Waals surface area contributed by atoms with Crippen LogP contribution in [0, 0.1) is 5.92 Å². The van der Waals surface area contributed by atoms with Gasteiger partial charge >= 0.3 is 7.82 Å². The zero-order chi connectivity index (χ0) is 29.6. The van der Waals surface area contributed by atoms with Crippen LogP contribution in [0.5, 0.6) is 5.75 Å². The Morgan fingerprint density at radius 1 is 0.950 bits per heavy atom. The van der Waals surface area contributed by atoms with Gasteiger partial charge in [-0.15, -0.1) is 0 Å². The molecule has 0 saturated heterocycles. The molecule has 3 unspecified atom stereocenters. The Kier molecular flexibility index (Phi) is 20.6. The number of phosphoric ester groups is 1. The van der Waals surface area contributed by atoms with Crippen LogP contribution in [-0.4, -0.2) is 55.5 Å². The average molecular weight is 584 g/mol. The number of hydrogen-bond donors (Lipinski definition) is 1. The molecule has 0 saturated carbocycles. The van der Waals surface area contributed by atoms with Gasteiger partial charge in [0.2, 0.25) is 0 Å². The summed E-state index contributed by atoms with van der Waals surface area (Å²) in [6, 6.07) is 7.91. The topological polar surface area (TPSA) is 85.3 Å². The molecule has 1 N–H and O–H groups in total. The Morgan fingerprint density at radius 2 is 1.57 bits per heavy atom. The largest absolute Gasteiger partial charge is 0.494 e.